The third-order valence-corrected chi connectivity index (χ3v) is 3.43. The summed E-state index contributed by atoms with van der Waals surface area (Å²) in [6, 6.07) is 0. The first-order valence-corrected chi connectivity index (χ1v) is 6.93. The van der Waals surface area contributed by atoms with E-state index in [9.17, 15) is 0 Å². The van der Waals surface area contributed by atoms with Crippen LogP contribution in [0.4, 0.5) is 0 Å². The molecule has 5 heteroatoms. The lowest BCUT2D eigenvalue weighted by atomic mass is 10.0. The standard InChI is InChI=1S/C13H27N3O.HI/c1-2-6-12(7-10-17)11-15-13(14)16-8-4-3-5-9-16;/h12,17H,2-11H2,1H3,(H2,14,15);1H. The van der Waals surface area contributed by atoms with Crippen molar-refractivity contribution in [3.8, 4) is 0 Å². The molecule has 1 saturated heterocycles. The van der Waals surface area contributed by atoms with E-state index in [-0.39, 0.29) is 30.6 Å². The van der Waals surface area contributed by atoms with Crippen molar-refractivity contribution >= 4 is 29.9 Å². The maximum absolute atomic E-state index is 8.99. The molecule has 0 aromatic heterocycles. The van der Waals surface area contributed by atoms with E-state index in [1.54, 1.807) is 0 Å². The Balaban J connectivity index is 0.00000289. The molecule has 0 spiro atoms. The van der Waals surface area contributed by atoms with Crippen molar-refractivity contribution in [1.82, 2.24) is 4.90 Å². The second kappa shape index (κ2) is 10.8. The zero-order chi connectivity index (χ0) is 12.5. The van der Waals surface area contributed by atoms with Gasteiger partial charge in [0.2, 0.25) is 0 Å². The van der Waals surface area contributed by atoms with Gasteiger partial charge in [0.25, 0.3) is 0 Å². The molecule has 0 aromatic carbocycles. The summed E-state index contributed by atoms with van der Waals surface area (Å²) in [4.78, 5) is 6.68. The van der Waals surface area contributed by atoms with Gasteiger partial charge in [0.05, 0.1) is 0 Å². The minimum Gasteiger partial charge on any atom is -0.396 e. The molecular formula is C13H28IN3O. The quantitative estimate of drug-likeness (QED) is 0.429. The van der Waals surface area contributed by atoms with Gasteiger partial charge in [0.1, 0.15) is 0 Å². The molecule has 1 fully saturated rings. The highest BCUT2D eigenvalue weighted by atomic mass is 127. The molecule has 0 amide bonds. The van der Waals surface area contributed by atoms with Crippen molar-refractivity contribution in [3.63, 3.8) is 0 Å². The van der Waals surface area contributed by atoms with Gasteiger partial charge in [-0.15, -0.1) is 24.0 Å². The third kappa shape index (κ3) is 6.78. The first-order valence-electron chi connectivity index (χ1n) is 6.93. The van der Waals surface area contributed by atoms with Crippen molar-refractivity contribution in [3.05, 3.63) is 0 Å². The molecule has 3 N–H and O–H groups in total. The summed E-state index contributed by atoms with van der Waals surface area (Å²) in [6.45, 7) is 5.28. The SMILES string of the molecule is CCCC(CCO)CN=C(N)N1CCCCC1.I. The first kappa shape index (κ1) is 18.0. The lowest BCUT2D eigenvalue weighted by Gasteiger charge is -2.27. The van der Waals surface area contributed by atoms with Gasteiger partial charge in [-0.2, -0.15) is 0 Å². The Morgan fingerprint density at radius 1 is 1.28 bits per heavy atom. The smallest absolute Gasteiger partial charge is 0.191 e. The monoisotopic (exact) mass is 369 g/mol. The van der Waals surface area contributed by atoms with Crippen LogP contribution < -0.4 is 5.73 Å². The summed E-state index contributed by atoms with van der Waals surface area (Å²) < 4.78 is 0. The van der Waals surface area contributed by atoms with Crippen LogP contribution in [-0.4, -0.2) is 42.2 Å². The number of piperidine rings is 1. The zero-order valence-corrected chi connectivity index (χ0v) is 13.8. The summed E-state index contributed by atoms with van der Waals surface area (Å²) >= 11 is 0. The molecule has 0 aliphatic carbocycles. The summed E-state index contributed by atoms with van der Waals surface area (Å²) in [5, 5.41) is 8.99. The maximum atomic E-state index is 8.99. The highest BCUT2D eigenvalue weighted by Crippen LogP contribution is 2.12. The van der Waals surface area contributed by atoms with E-state index >= 15 is 0 Å². The normalized spacial score (nSPS) is 18.3. The molecule has 0 bridgehead atoms. The fourth-order valence-electron chi connectivity index (χ4n) is 2.36. The van der Waals surface area contributed by atoms with Crippen LogP contribution in [0.3, 0.4) is 0 Å². The lowest BCUT2D eigenvalue weighted by molar-refractivity contribution is 0.253. The molecule has 1 aliphatic heterocycles. The Labute approximate surface area is 128 Å². The predicted molar refractivity (Wildman–Crippen MR) is 87.4 cm³/mol. The van der Waals surface area contributed by atoms with Crippen molar-refractivity contribution in [1.29, 1.82) is 0 Å². The molecule has 1 heterocycles. The Bertz CT molecular complexity index is 224. The minimum absolute atomic E-state index is 0. The van der Waals surface area contributed by atoms with Gasteiger partial charge < -0.3 is 15.7 Å². The second-order valence-electron chi connectivity index (χ2n) is 4.91. The van der Waals surface area contributed by atoms with Crippen molar-refractivity contribution in [2.45, 2.75) is 45.4 Å². The predicted octanol–water partition coefficient (Wildman–Crippen LogP) is 2.20. The van der Waals surface area contributed by atoms with Crippen LogP contribution in [0, 0.1) is 5.92 Å². The van der Waals surface area contributed by atoms with Gasteiger partial charge >= 0.3 is 0 Å². The summed E-state index contributed by atoms with van der Waals surface area (Å²) in [5.41, 5.74) is 6.00. The van der Waals surface area contributed by atoms with E-state index in [0.29, 0.717) is 11.9 Å². The van der Waals surface area contributed by atoms with Crippen LogP contribution in [0.2, 0.25) is 0 Å². The number of halogens is 1. The summed E-state index contributed by atoms with van der Waals surface area (Å²) in [7, 11) is 0. The lowest BCUT2D eigenvalue weighted by Crippen LogP contribution is -2.41. The average molecular weight is 369 g/mol. The molecule has 1 unspecified atom stereocenters. The highest BCUT2D eigenvalue weighted by Gasteiger charge is 2.13. The number of nitrogens with two attached hydrogens (primary N) is 1. The molecule has 0 saturated carbocycles. The van der Waals surface area contributed by atoms with Crippen LogP contribution in [-0.2, 0) is 0 Å². The van der Waals surface area contributed by atoms with E-state index in [2.05, 4.69) is 16.8 Å². The van der Waals surface area contributed by atoms with E-state index in [1.165, 1.54) is 19.3 Å². The molecule has 1 aliphatic rings. The molecular weight excluding hydrogens is 341 g/mol. The molecule has 18 heavy (non-hydrogen) atoms. The molecule has 1 rings (SSSR count). The van der Waals surface area contributed by atoms with Crippen LogP contribution in [0.1, 0.15) is 45.4 Å². The van der Waals surface area contributed by atoms with Gasteiger partial charge in [0, 0.05) is 26.2 Å². The maximum Gasteiger partial charge on any atom is 0.191 e. The number of rotatable bonds is 6. The first-order chi connectivity index (χ1) is 8.27. The fraction of sp³-hybridized carbons (Fsp3) is 0.923. The average Bonchev–Trinajstić information content (AvgIpc) is 2.37. The fourth-order valence-corrected chi connectivity index (χ4v) is 2.36. The number of guanidine groups is 1. The largest absolute Gasteiger partial charge is 0.396 e. The molecule has 0 radical (unpaired) electrons. The van der Waals surface area contributed by atoms with E-state index < -0.39 is 0 Å². The van der Waals surface area contributed by atoms with Crippen LogP contribution >= 0.6 is 24.0 Å². The Morgan fingerprint density at radius 2 is 1.94 bits per heavy atom. The van der Waals surface area contributed by atoms with Gasteiger partial charge in [-0.3, -0.25) is 4.99 Å². The van der Waals surface area contributed by atoms with Gasteiger partial charge in [-0.05, 0) is 38.0 Å². The molecule has 1 atom stereocenters. The van der Waals surface area contributed by atoms with Crippen molar-refractivity contribution in [2.75, 3.05) is 26.2 Å². The molecule has 108 valence electrons. The van der Waals surface area contributed by atoms with Gasteiger partial charge in [0.15, 0.2) is 5.96 Å². The van der Waals surface area contributed by atoms with Crippen molar-refractivity contribution < 1.29 is 5.11 Å². The number of aliphatic imine (C=N–C) groups is 1. The molecule has 0 aromatic rings. The van der Waals surface area contributed by atoms with Gasteiger partial charge in [-0.1, -0.05) is 13.3 Å². The number of likely N-dealkylation sites (tertiary alicyclic amines) is 1. The Hall–Kier alpha value is -0.0400. The summed E-state index contributed by atoms with van der Waals surface area (Å²) in [6.07, 6.45) is 6.87. The van der Waals surface area contributed by atoms with Crippen molar-refractivity contribution in [2.24, 2.45) is 16.6 Å². The highest BCUT2D eigenvalue weighted by molar-refractivity contribution is 14.0. The number of hydrogen-bond donors (Lipinski definition) is 2. The minimum atomic E-state index is 0. The number of nitrogens with zero attached hydrogens (tertiary/aromatic N) is 2. The Kier molecular flexibility index (Phi) is 10.8. The third-order valence-electron chi connectivity index (χ3n) is 3.43. The number of aliphatic hydroxyl groups is 1. The van der Waals surface area contributed by atoms with E-state index in [4.69, 9.17) is 10.8 Å². The topological polar surface area (TPSA) is 61.9 Å². The van der Waals surface area contributed by atoms with Crippen LogP contribution in [0.5, 0.6) is 0 Å². The Morgan fingerprint density at radius 3 is 2.50 bits per heavy atom. The van der Waals surface area contributed by atoms with Crippen LogP contribution in [0.15, 0.2) is 4.99 Å². The zero-order valence-electron chi connectivity index (χ0n) is 11.5. The molecule has 4 nitrogen and oxygen atoms in total. The van der Waals surface area contributed by atoms with Gasteiger partial charge in [-0.25, -0.2) is 0 Å². The number of hydrogen-bond acceptors (Lipinski definition) is 2. The van der Waals surface area contributed by atoms with E-state index in [1.807, 2.05) is 0 Å². The summed E-state index contributed by atoms with van der Waals surface area (Å²) in [5.74, 6) is 1.18. The number of aliphatic hydroxyl groups excluding tert-OH is 1. The van der Waals surface area contributed by atoms with E-state index in [0.717, 1.165) is 38.9 Å². The second-order valence-corrected chi connectivity index (χ2v) is 4.91. The van der Waals surface area contributed by atoms with Crippen LogP contribution in [0.25, 0.3) is 0 Å².